The summed E-state index contributed by atoms with van der Waals surface area (Å²) in [4.78, 5) is 0. The quantitative estimate of drug-likeness (QED) is 0.853. The maximum absolute atomic E-state index is 5.85. The molecule has 0 aliphatic rings. The molecule has 0 spiro atoms. The van der Waals surface area contributed by atoms with E-state index in [1.807, 2.05) is 33.0 Å². The van der Waals surface area contributed by atoms with E-state index in [0.29, 0.717) is 6.61 Å². The highest BCUT2D eigenvalue weighted by Gasteiger charge is 2.16. The molecule has 1 unspecified atom stereocenters. The van der Waals surface area contributed by atoms with E-state index in [4.69, 9.17) is 9.47 Å². The predicted molar refractivity (Wildman–Crippen MR) is 79.7 cm³/mol. The van der Waals surface area contributed by atoms with E-state index in [9.17, 15) is 0 Å². The highest BCUT2D eigenvalue weighted by molar-refractivity contribution is 5.30. The van der Waals surface area contributed by atoms with Crippen molar-refractivity contribution in [1.29, 1.82) is 0 Å². The van der Waals surface area contributed by atoms with E-state index in [1.54, 1.807) is 0 Å². The van der Waals surface area contributed by atoms with Gasteiger partial charge in [0.1, 0.15) is 5.75 Å². The van der Waals surface area contributed by atoms with Gasteiger partial charge < -0.3 is 14.8 Å². The van der Waals surface area contributed by atoms with Gasteiger partial charge in [0.2, 0.25) is 0 Å². The Bertz CT molecular complexity index is 383. The van der Waals surface area contributed by atoms with Crippen LogP contribution in [0.3, 0.4) is 0 Å². The van der Waals surface area contributed by atoms with Crippen molar-refractivity contribution < 1.29 is 9.47 Å². The van der Waals surface area contributed by atoms with Gasteiger partial charge in [0.15, 0.2) is 0 Å². The van der Waals surface area contributed by atoms with Crippen LogP contribution < -0.4 is 10.1 Å². The largest absolute Gasteiger partial charge is 0.491 e. The summed E-state index contributed by atoms with van der Waals surface area (Å²) in [7, 11) is 1.95. The standard InChI is InChI=1S/C16H27NO2/c1-12(2)19-14-9-7-8-13(10-14)15(17-6)11-18-16(3,4)5/h7-10,12,15,17H,11H2,1-6H3. The minimum absolute atomic E-state index is 0.124. The molecular weight excluding hydrogens is 238 g/mol. The Hall–Kier alpha value is -1.06. The molecule has 0 saturated heterocycles. The topological polar surface area (TPSA) is 30.5 Å². The summed E-state index contributed by atoms with van der Waals surface area (Å²) in [5, 5.41) is 3.29. The molecule has 19 heavy (non-hydrogen) atoms. The van der Waals surface area contributed by atoms with Crippen LogP contribution in [0.1, 0.15) is 46.2 Å². The van der Waals surface area contributed by atoms with Crippen molar-refractivity contribution in [1.82, 2.24) is 5.32 Å². The summed E-state index contributed by atoms with van der Waals surface area (Å²) >= 11 is 0. The van der Waals surface area contributed by atoms with Crippen LogP contribution in [0, 0.1) is 0 Å². The number of ether oxygens (including phenoxy) is 2. The summed E-state index contributed by atoms with van der Waals surface area (Å²) < 4.78 is 11.6. The normalized spacial score (nSPS) is 13.6. The van der Waals surface area contributed by atoms with Crippen molar-refractivity contribution in [2.45, 2.75) is 52.4 Å². The summed E-state index contributed by atoms with van der Waals surface area (Å²) in [6.45, 7) is 10.9. The maximum atomic E-state index is 5.85. The van der Waals surface area contributed by atoms with Gasteiger partial charge in [0, 0.05) is 0 Å². The molecule has 0 fully saturated rings. The summed E-state index contributed by atoms with van der Waals surface area (Å²) in [5.74, 6) is 0.906. The van der Waals surface area contributed by atoms with Gasteiger partial charge >= 0.3 is 0 Å². The van der Waals surface area contributed by atoms with E-state index in [1.165, 1.54) is 5.56 Å². The van der Waals surface area contributed by atoms with Gasteiger partial charge in [-0.15, -0.1) is 0 Å². The number of hydrogen-bond acceptors (Lipinski definition) is 3. The second kappa shape index (κ2) is 6.92. The first kappa shape index (κ1) is 16.0. The lowest BCUT2D eigenvalue weighted by Gasteiger charge is -2.25. The number of nitrogens with one attached hydrogen (secondary N) is 1. The van der Waals surface area contributed by atoms with Gasteiger partial charge in [-0.1, -0.05) is 12.1 Å². The van der Waals surface area contributed by atoms with E-state index in [0.717, 1.165) is 5.75 Å². The minimum atomic E-state index is -0.124. The van der Waals surface area contributed by atoms with Crippen LogP contribution in [0.4, 0.5) is 0 Å². The smallest absolute Gasteiger partial charge is 0.120 e. The number of hydrogen-bond donors (Lipinski definition) is 1. The van der Waals surface area contributed by atoms with Crippen molar-refractivity contribution in [3.8, 4) is 5.75 Å². The minimum Gasteiger partial charge on any atom is -0.491 e. The van der Waals surface area contributed by atoms with Gasteiger partial charge in [0.25, 0.3) is 0 Å². The Morgan fingerprint density at radius 2 is 1.89 bits per heavy atom. The Morgan fingerprint density at radius 3 is 2.42 bits per heavy atom. The number of rotatable bonds is 6. The second-order valence-corrected chi connectivity index (χ2v) is 6.00. The lowest BCUT2D eigenvalue weighted by atomic mass is 10.1. The first-order valence-electron chi connectivity index (χ1n) is 6.89. The SMILES string of the molecule is CNC(COC(C)(C)C)c1cccc(OC(C)C)c1. The third-order valence-corrected chi connectivity index (χ3v) is 2.66. The van der Waals surface area contributed by atoms with Gasteiger partial charge in [-0.3, -0.25) is 0 Å². The molecule has 0 aromatic heterocycles. The number of likely N-dealkylation sites (N-methyl/N-ethyl adjacent to an activating group) is 1. The van der Waals surface area contributed by atoms with Gasteiger partial charge in [-0.05, 0) is 59.4 Å². The Balaban J connectivity index is 2.75. The highest BCUT2D eigenvalue weighted by Crippen LogP contribution is 2.22. The van der Waals surface area contributed by atoms with Crippen LogP contribution in [0.5, 0.6) is 5.75 Å². The lowest BCUT2D eigenvalue weighted by molar-refractivity contribution is -0.0139. The molecule has 0 aliphatic heterocycles. The Kier molecular flexibility index (Phi) is 5.83. The van der Waals surface area contributed by atoms with Crippen LogP contribution in [-0.4, -0.2) is 25.4 Å². The molecule has 1 aromatic rings. The first-order chi connectivity index (χ1) is 8.81. The molecule has 1 aromatic carbocycles. The fraction of sp³-hybridized carbons (Fsp3) is 0.625. The highest BCUT2D eigenvalue weighted by atomic mass is 16.5. The lowest BCUT2D eigenvalue weighted by Crippen LogP contribution is -2.28. The molecule has 1 rings (SSSR count). The van der Waals surface area contributed by atoms with Gasteiger partial charge in [0.05, 0.1) is 24.4 Å². The molecular formula is C16H27NO2. The molecule has 1 N–H and O–H groups in total. The van der Waals surface area contributed by atoms with Crippen LogP contribution in [0.25, 0.3) is 0 Å². The summed E-state index contributed by atoms with van der Waals surface area (Å²) in [6.07, 6.45) is 0.189. The zero-order chi connectivity index (χ0) is 14.5. The van der Waals surface area contributed by atoms with Crippen LogP contribution in [0.2, 0.25) is 0 Å². The maximum Gasteiger partial charge on any atom is 0.120 e. The molecule has 0 amide bonds. The molecule has 108 valence electrons. The molecule has 0 bridgehead atoms. The Labute approximate surface area is 117 Å². The summed E-state index contributed by atoms with van der Waals surface area (Å²) in [5.41, 5.74) is 1.06. The van der Waals surface area contributed by atoms with Crippen molar-refractivity contribution in [2.75, 3.05) is 13.7 Å². The van der Waals surface area contributed by atoms with Crippen LogP contribution in [-0.2, 0) is 4.74 Å². The zero-order valence-corrected chi connectivity index (χ0v) is 13.0. The van der Waals surface area contributed by atoms with Crippen molar-refractivity contribution in [3.63, 3.8) is 0 Å². The summed E-state index contributed by atoms with van der Waals surface area (Å²) in [6, 6.07) is 8.36. The van der Waals surface area contributed by atoms with E-state index >= 15 is 0 Å². The van der Waals surface area contributed by atoms with Gasteiger partial charge in [-0.2, -0.15) is 0 Å². The molecule has 3 heteroatoms. The van der Waals surface area contributed by atoms with Crippen LogP contribution in [0.15, 0.2) is 24.3 Å². The Morgan fingerprint density at radius 1 is 1.21 bits per heavy atom. The van der Waals surface area contributed by atoms with E-state index in [2.05, 4.69) is 38.2 Å². The second-order valence-electron chi connectivity index (χ2n) is 6.00. The van der Waals surface area contributed by atoms with Crippen molar-refractivity contribution >= 4 is 0 Å². The van der Waals surface area contributed by atoms with Gasteiger partial charge in [-0.25, -0.2) is 0 Å². The third-order valence-electron chi connectivity index (χ3n) is 2.66. The van der Waals surface area contributed by atoms with E-state index < -0.39 is 0 Å². The first-order valence-corrected chi connectivity index (χ1v) is 6.89. The molecule has 0 saturated carbocycles. The average molecular weight is 265 g/mol. The van der Waals surface area contributed by atoms with E-state index in [-0.39, 0.29) is 17.7 Å². The number of benzene rings is 1. The average Bonchev–Trinajstić information content (AvgIpc) is 2.28. The monoisotopic (exact) mass is 265 g/mol. The molecule has 0 aliphatic carbocycles. The molecule has 0 heterocycles. The molecule has 1 atom stereocenters. The van der Waals surface area contributed by atoms with Crippen LogP contribution >= 0.6 is 0 Å². The third kappa shape index (κ3) is 6.08. The zero-order valence-electron chi connectivity index (χ0n) is 13.0. The molecule has 0 radical (unpaired) electrons. The fourth-order valence-electron chi connectivity index (χ4n) is 1.76. The predicted octanol–water partition coefficient (Wildman–Crippen LogP) is 3.55. The molecule has 3 nitrogen and oxygen atoms in total. The fourth-order valence-corrected chi connectivity index (χ4v) is 1.76. The van der Waals surface area contributed by atoms with Crippen molar-refractivity contribution in [2.24, 2.45) is 0 Å². The van der Waals surface area contributed by atoms with Crippen molar-refractivity contribution in [3.05, 3.63) is 29.8 Å².